The van der Waals surface area contributed by atoms with E-state index >= 15 is 0 Å². The average Bonchev–Trinajstić information content (AvgIpc) is 2.44. The first-order chi connectivity index (χ1) is 10.3. The Hall–Kier alpha value is -2.22. The molecule has 0 saturated carbocycles. The lowest BCUT2D eigenvalue weighted by molar-refractivity contribution is -0.384. The van der Waals surface area contributed by atoms with Crippen molar-refractivity contribution in [2.45, 2.75) is 19.8 Å². The van der Waals surface area contributed by atoms with Gasteiger partial charge in [-0.25, -0.2) is 4.39 Å². The second-order valence-electron chi connectivity index (χ2n) is 4.00. The molecule has 7 nitrogen and oxygen atoms in total. The number of hydrogen-bond donors (Lipinski definition) is 0. The molecule has 1 rings (SSSR count). The third kappa shape index (κ3) is 3.70. The van der Waals surface area contributed by atoms with Gasteiger partial charge in [0.15, 0.2) is 16.8 Å². The van der Waals surface area contributed by atoms with Crippen LogP contribution in [0.4, 0.5) is 10.1 Å². The molecule has 0 aliphatic heterocycles. The van der Waals surface area contributed by atoms with Gasteiger partial charge in [0.1, 0.15) is 0 Å². The van der Waals surface area contributed by atoms with Crippen LogP contribution in [-0.2, 0) is 19.1 Å². The first-order valence-corrected chi connectivity index (χ1v) is 6.68. The second-order valence-corrected chi connectivity index (χ2v) is 4.37. The van der Waals surface area contributed by atoms with Crippen LogP contribution < -0.4 is 0 Å². The lowest BCUT2D eigenvalue weighted by Gasteiger charge is -2.15. The molecule has 0 aliphatic carbocycles. The zero-order chi connectivity index (χ0) is 16.9. The van der Waals surface area contributed by atoms with E-state index < -0.39 is 44.9 Å². The lowest BCUT2D eigenvalue weighted by Crippen LogP contribution is -2.27. The van der Waals surface area contributed by atoms with Crippen molar-refractivity contribution in [1.29, 1.82) is 0 Å². The van der Waals surface area contributed by atoms with Gasteiger partial charge in [-0.05, 0) is 19.9 Å². The Morgan fingerprint density at radius 1 is 1.27 bits per heavy atom. The summed E-state index contributed by atoms with van der Waals surface area (Å²) in [4.78, 5) is 33.6. The maximum absolute atomic E-state index is 14.2. The molecule has 0 bridgehead atoms. The number of hydrogen-bond acceptors (Lipinski definition) is 6. The number of nitro benzene ring substituents is 1. The molecule has 0 unspecified atom stereocenters. The van der Waals surface area contributed by atoms with Crippen LogP contribution in [0.2, 0.25) is 5.02 Å². The Balaban J connectivity index is 3.37. The zero-order valence-electron chi connectivity index (χ0n) is 11.8. The van der Waals surface area contributed by atoms with Crippen LogP contribution in [0.3, 0.4) is 0 Å². The van der Waals surface area contributed by atoms with Crippen molar-refractivity contribution in [3.05, 3.63) is 38.7 Å². The topological polar surface area (TPSA) is 95.7 Å². The molecule has 0 fully saturated rings. The Bertz CT molecular complexity index is 588. The van der Waals surface area contributed by atoms with Crippen LogP contribution >= 0.6 is 11.6 Å². The van der Waals surface area contributed by atoms with E-state index in [1.807, 2.05) is 0 Å². The van der Waals surface area contributed by atoms with Gasteiger partial charge in [-0.15, -0.1) is 0 Å². The first-order valence-electron chi connectivity index (χ1n) is 6.30. The van der Waals surface area contributed by atoms with Gasteiger partial charge in [-0.1, -0.05) is 11.6 Å². The molecule has 0 radical (unpaired) electrons. The highest BCUT2D eigenvalue weighted by molar-refractivity contribution is 6.33. The van der Waals surface area contributed by atoms with Crippen LogP contribution in [0.1, 0.15) is 25.3 Å². The van der Waals surface area contributed by atoms with Crippen molar-refractivity contribution in [3.8, 4) is 0 Å². The summed E-state index contributed by atoms with van der Waals surface area (Å²) in [5.41, 5.74) is -1.11. The largest absolute Gasteiger partial charge is 0.465 e. The minimum atomic E-state index is -1.70. The summed E-state index contributed by atoms with van der Waals surface area (Å²) < 4.78 is 23.7. The van der Waals surface area contributed by atoms with Crippen LogP contribution in [0.25, 0.3) is 0 Å². The average molecular weight is 334 g/mol. The van der Waals surface area contributed by atoms with E-state index in [0.717, 1.165) is 12.1 Å². The summed E-state index contributed by atoms with van der Waals surface area (Å²) in [6, 6.07) is 1.85. The number of nitrogens with zero attached hydrogens (tertiary/aromatic N) is 1. The monoisotopic (exact) mass is 333 g/mol. The van der Waals surface area contributed by atoms with Crippen LogP contribution in [0.5, 0.6) is 0 Å². The van der Waals surface area contributed by atoms with Gasteiger partial charge in [0, 0.05) is 11.6 Å². The van der Waals surface area contributed by atoms with E-state index in [4.69, 9.17) is 21.1 Å². The van der Waals surface area contributed by atoms with Crippen molar-refractivity contribution >= 4 is 29.2 Å². The third-order valence-corrected chi connectivity index (χ3v) is 3.00. The quantitative estimate of drug-likeness (QED) is 0.343. The van der Waals surface area contributed by atoms with Gasteiger partial charge < -0.3 is 9.47 Å². The molecule has 0 aliphatic rings. The third-order valence-electron chi connectivity index (χ3n) is 2.64. The van der Waals surface area contributed by atoms with E-state index in [0.29, 0.717) is 0 Å². The molecule has 0 amide bonds. The summed E-state index contributed by atoms with van der Waals surface area (Å²) >= 11 is 5.58. The van der Waals surface area contributed by atoms with Crippen molar-refractivity contribution in [2.24, 2.45) is 0 Å². The molecule has 0 N–H and O–H groups in total. The fourth-order valence-corrected chi connectivity index (χ4v) is 1.96. The molecule has 0 saturated heterocycles. The lowest BCUT2D eigenvalue weighted by atomic mass is 9.98. The SMILES string of the molecule is CCOC(=O)C(C(=O)OCC)c1ccc([N+](=O)[O-])c(Cl)c1F. The maximum atomic E-state index is 14.2. The molecule has 0 atom stereocenters. The number of nitro groups is 1. The van der Waals surface area contributed by atoms with Gasteiger partial charge in [0.2, 0.25) is 0 Å². The smallest absolute Gasteiger partial charge is 0.325 e. The summed E-state index contributed by atoms with van der Waals surface area (Å²) in [7, 11) is 0. The number of carbonyl (C=O) groups is 2. The zero-order valence-corrected chi connectivity index (χ0v) is 12.6. The predicted molar refractivity (Wildman–Crippen MR) is 74.1 cm³/mol. The Labute approximate surface area is 130 Å². The molecule has 9 heteroatoms. The minimum Gasteiger partial charge on any atom is -0.465 e. The summed E-state index contributed by atoms with van der Waals surface area (Å²) in [5, 5.41) is 9.91. The number of ether oxygens (including phenoxy) is 2. The Morgan fingerprint density at radius 3 is 2.18 bits per heavy atom. The second kappa shape index (κ2) is 7.69. The Kier molecular flexibility index (Phi) is 6.24. The fraction of sp³-hybridized carbons (Fsp3) is 0.385. The first kappa shape index (κ1) is 17.8. The minimum absolute atomic E-state index is 0.0307. The van der Waals surface area contributed by atoms with Crippen LogP contribution in [0.15, 0.2) is 12.1 Å². The van der Waals surface area contributed by atoms with Gasteiger partial charge in [0.05, 0.1) is 18.1 Å². The maximum Gasteiger partial charge on any atom is 0.325 e. The molecule has 0 aromatic heterocycles. The molecule has 120 valence electrons. The van der Waals surface area contributed by atoms with Crippen molar-refractivity contribution in [3.63, 3.8) is 0 Å². The summed E-state index contributed by atoms with van der Waals surface area (Å²) in [5.74, 6) is -4.98. The normalized spacial score (nSPS) is 10.4. The van der Waals surface area contributed by atoms with E-state index in [9.17, 15) is 24.1 Å². The highest BCUT2D eigenvalue weighted by Gasteiger charge is 2.36. The van der Waals surface area contributed by atoms with Gasteiger partial charge >= 0.3 is 11.9 Å². The number of carbonyl (C=O) groups excluding carboxylic acids is 2. The van der Waals surface area contributed by atoms with Crippen molar-refractivity contribution in [2.75, 3.05) is 13.2 Å². The van der Waals surface area contributed by atoms with Crippen molar-refractivity contribution < 1.29 is 28.4 Å². The molecule has 0 heterocycles. The summed E-state index contributed by atoms with van der Waals surface area (Å²) in [6.45, 7) is 2.96. The molecule has 1 aromatic rings. The standard InChI is InChI=1S/C13H13ClFNO6/c1-3-21-12(17)9(13(18)22-4-2)7-5-6-8(16(19)20)10(14)11(7)15/h5-6,9H,3-4H2,1-2H3. The van der Waals surface area contributed by atoms with Gasteiger partial charge in [-0.3, -0.25) is 19.7 Å². The highest BCUT2D eigenvalue weighted by atomic mass is 35.5. The van der Waals surface area contributed by atoms with E-state index in [-0.39, 0.29) is 13.2 Å². The number of esters is 2. The van der Waals surface area contributed by atoms with E-state index in [1.165, 1.54) is 13.8 Å². The van der Waals surface area contributed by atoms with Crippen molar-refractivity contribution in [1.82, 2.24) is 0 Å². The van der Waals surface area contributed by atoms with E-state index in [2.05, 4.69) is 0 Å². The fourth-order valence-electron chi connectivity index (χ4n) is 1.72. The Morgan fingerprint density at radius 2 is 1.77 bits per heavy atom. The molecular weight excluding hydrogens is 321 g/mol. The summed E-state index contributed by atoms with van der Waals surface area (Å²) in [6.07, 6.45) is 0. The molecular formula is C13H13ClFNO6. The number of benzene rings is 1. The number of halogens is 2. The van der Waals surface area contributed by atoms with E-state index in [1.54, 1.807) is 0 Å². The van der Waals surface area contributed by atoms with Gasteiger partial charge in [0.25, 0.3) is 5.69 Å². The molecule has 1 aromatic carbocycles. The molecule has 22 heavy (non-hydrogen) atoms. The highest BCUT2D eigenvalue weighted by Crippen LogP contribution is 2.33. The predicted octanol–water partition coefficient (Wildman–Crippen LogP) is 2.60. The van der Waals surface area contributed by atoms with Crippen LogP contribution in [-0.4, -0.2) is 30.1 Å². The number of rotatable bonds is 6. The van der Waals surface area contributed by atoms with Crippen LogP contribution in [0, 0.1) is 15.9 Å². The molecule has 0 spiro atoms. The van der Waals surface area contributed by atoms with Gasteiger partial charge in [-0.2, -0.15) is 0 Å².